The summed E-state index contributed by atoms with van der Waals surface area (Å²) in [5.74, 6) is -1.66. The van der Waals surface area contributed by atoms with E-state index in [-0.39, 0.29) is 22.7 Å². The van der Waals surface area contributed by atoms with E-state index in [2.05, 4.69) is 9.17 Å². The average Bonchev–Trinajstić information content (AvgIpc) is 3.00. The molecule has 0 radical (unpaired) electrons. The van der Waals surface area contributed by atoms with Crippen LogP contribution in [0.1, 0.15) is 11.3 Å². The SMILES string of the molecule is Cc1cn(-c2cc(F)c(COc3ccc(OS(=O)(=O)F)cc3)c(F)c2)cn1. The minimum atomic E-state index is -5.13. The number of ether oxygens (including phenoxy) is 1. The Labute approximate surface area is 153 Å². The number of hydrogen-bond donors (Lipinski definition) is 0. The first-order valence-electron chi connectivity index (χ1n) is 7.57. The van der Waals surface area contributed by atoms with E-state index in [1.54, 1.807) is 13.1 Å². The molecule has 0 N–H and O–H groups in total. The van der Waals surface area contributed by atoms with Crippen molar-refractivity contribution in [1.29, 1.82) is 0 Å². The third-order valence-electron chi connectivity index (χ3n) is 3.54. The molecule has 3 aromatic rings. The predicted molar refractivity (Wildman–Crippen MR) is 89.6 cm³/mol. The quantitative estimate of drug-likeness (QED) is 0.593. The molecule has 0 fully saturated rings. The summed E-state index contributed by atoms with van der Waals surface area (Å²) < 4.78 is 72.6. The Morgan fingerprint density at radius 2 is 1.67 bits per heavy atom. The van der Waals surface area contributed by atoms with Crippen molar-refractivity contribution in [2.45, 2.75) is 13.5 Å². The largest absolute Gasteiger partial charge is 0.489 e. The Morgan fingerprint density at radius 3 is 2.19 bits per heavy atom. The van der Waals surface area contributed by atoms with E-state index in [9.17, 15) is 21.1 Å². The van der Waals surface area contributed by atoms with E-state index in [4.69, 9.17) is 4.74 Å². The summed E-state index contributed by atoms with van der Waals surface area (Å²) in [6.07, 6.45) is 3.08. The number of benzene rings is 2. The van der Waals surface area contributed by atoms with Crippen molar-refractivity contribution in [3.05, 3.63) is 71.8 Å². The molecule has 3 rings (SSSR count). The number of aromatic nitrogens is 2. The molecule has 27 heavy (non-hydrogen) atoms. The highest BCUT2D eigenvalue weighted by Crippen LogP contribution is 2.23. The molecule has 0 aliphatic carbocycles. The van der Waals surface area contributed by atoms with Crippen LogP contribution < -0.4 is 8.92 Å². The fraction of sp³-hybridized carbons (Fsp3) is 0.118. The lowest BCUT2D eigenvalue weighted by Gasteiger charge is -2.11. The maximum Gasteiger partial charge on any atom is 0.488 e. The summed E-state index contributed by atoms with van der Waals surface area (Å²) in [6, 6.07) is 7.16. The summed E-state index contributed by atoms with van der Waals surface area (Å²) in [7, 11) is -5.13. The zero-order valence-electron chi connectivity index (χ0n) is 13.9. The lowest BCUT2D eigenvalue weighted by atomic mass is 10.2. The van der Waals surface area contributed by atoms with Crippen LogP contribution in [0.25, 0.3) is 5.69 Å². The van der Waals surface area contributed by atoms with Crippen molar-refractivity contribution in [3.8, 4) is 17.2 Å². The predicted octanol–water partition coefficient (Wildman–Crippen LogP) is 3.63. The number of hydrogen-bond acceptors (Lipinski definition) is 5. The molecule has 0 spiro atoms. The molecule has 0 bridgehead atoms. The molecule has 0 atom stereocenters. The van der Waals surface area contributed by atoms with Gasteiger partial charge in [0.25, 0.3) is 0 Å². The standard InChI is InChI=1S/C17H13F3N2O4S/c1-11-8-22(10-21-11)12-6-16(18)15(17(19)7-12)9-25-13-2-4-14(5-3-13)26-27(20,23)24/h2-8,10H,9H2,1H3. The second kappa shape index (κ2) is 7.31. The molecule has 142 valence electrons. The van der Waals surface area contributed by atoms with E-state index in [0.717, 1.165) is 24.3 Å². The smallest absolute Gasteiger partial charge is 0.488 e. The van der Waals surface area contributed by atoms with Gasteiger partial charge < -0.3 is 13.5 Å². The molecule has 0 amide bonds. The van der Waals surface area contributed by atoms with Crippen LogP contribution in [-0.2, 0) is 17.1 Å². The van der Waals surface area contributed by atoms with Gasteiger partial charge in [0, 0.05) is 6.20 Å². The zero-order valence-corrected chi connectivity index (χ0v) is 14.7. The van der Waals surface area contributed by atoms with E-state index in [1.807, 2.05) is 0 Å². The van der Waals surface area contributed by atoms with E-state index < -0.39 is 28.7 Å². The molecule has 1 heterocycles. The van der Waals surface area contributed by atoms with Gasteiger partial charge in [-0.3, -0.25) is 0 Å². The van der Waals surface area contributed by atoms with Gasteiger partial charge in [-0.25, -0.2) is 13.8 Å². The number of halogens is 3. The van der Waals surface area contributed by atoms with Crippen LogP contribution in [0.2, 0.25) is 0 Å². The third kappa shape index (κ3) is 4.79. The highest BCUT2D eigenvalue weighted by Gasteiger charge is 2.14. The Bertz CT molecular complexity index is 1040. The topological polar surface area (TPSA) is 70.4 Å². The summed E-state index contributed by atoms with van der Waals surface area (Å²) in [5.41, 5.74) is 0.710. The van der Waals surface area contributed by atoms with Crippen LogP contribution in [0.15, 0.2) is 48.9 Å². The highest BCUT2D eigenvalue weighted by atomic mass is 32.3. The van der Waals surface area contributed by atoms with Crippen LogP contribution in [0.5, 0.6) is 11.5 Å². The van der Waals surface area contributed by atoms with Gasteiger partial charge in [-0.05, 0) is 43.3 Å². The fourth-order valence-electron chi connectivity index (χ4n) is 2.30. The van der Waals surface area contributed by atoms with Gasteiger partial charge in [0.1, 0.15) is 29.7 Å². The second-order valence-corrected chi connectivity index (χ2v) is 6.50. The van der Waals surface area contributed by atoms with Crippen LogP contribution >= 0.6 is 0 Å². The average molecular weight is 398 g/mol. The summed E-state index contributed by atoms with van der Waals surface area (Å²) in [4.78, 5) is 4.00. The molecule has 0 saturated heterocycles. The lowest BCUT2D eigenvalue weighted by Crippen LogP contribution is -2.04. The second-order valence-electron chi connectivity index (χ2n) is 5.55. The first-order valence-corrected chi connectivity index (χ1v) is 8.88. The Kier molecular flexibility index (Phi) is 5.08. The van der Waals surface area contributed by atoms with Crippen molar-refractivity contribution in [2.75, 3.05) is 0 Å². The minimum Gasteiger partial charge on any atom is -0.489 e. The molecular weight excluding hydrogens is 385 g/mol. The van der Waals surface area contributed by atoms with E-state index >= 15 is 0 Å². The van der Waals surface area contributed by atoms with Gasteiger partial charge in [0.15, 0.2) is 0 Å². The molecule has 2 aromatic carbocycles. The Morgan fingerprint density at radius 1 is 1.07 bits per heavy atom. The molecule has 6 nitrogen and oxygen atoms in total. The molecule has 0 unspecified atom stereocenters. The third-order valence-corrected chi connectivity index (χ3v) is 3.93. The molecule has 0 aliphatic heterocycles. The zero-order chi connectivity index (χ0) is 19.6. The fourth-order valence-corrected chi connectivity index (χ4v) is 2.64. The first kappa shape index (κ1) is 18.8. The van der Waals surface area contributed by atoms with Gasteiger partial charge in [0.05, 0.1) is 23.3 Å². The van der Waals surface area contributed by atoms with Crippen LogP contribution in [0.3, 0.4) is 0 Å². The first-order chi connectivity index (χ1) is 12.7. The molecule has 0 saturated carbocycles. The van der Waals surface area contributed by atoms with Crippen molar-refractivity contribution < 1.29 is 30.0 Å². The molecule has 1 aromatic heterocycles. The molecular formula is C17H13F3N2O4S. The van der Waals surface area contributed by atoms with Crippen LogP contribution in [-0.4, -0.2) is 18.0 Å². The monoisotopic (exact) mass is 398 g/mol. The van der Waals surface area contributed by atoms with Crippen molar-refractivity contribution in [1.82, 2.24) is 9.55 Å². The van der Waals surface area contributed by atoms with Crippen LogP contribution in [0, 0.1) is 18.6 Å². The lowest BCUT2D eigenvalue weighted by molar-refractivity contribution is 0.292. The number of rotatable bonds is 6. The normalized spacial score (nSPS) is 11.4. The maximum absolute atomic E-state index is 14.3. The highest BCUT2D eigenvalue weighted by molar-refractivity contribution is 7.81. The van der Waals surface area contributed by atoms with Crippen molar-refractivity contribution in [2.24, 2.45) is 0 Å². The van der Waals surface area contributed by atoms with Gasteiger partial charge >= 0.3 is 10.5 Å². The molecule has 0 aliphatic rings. The summed E-state index contributed by atoms with van der Waals surface area (Å²) in [5, 5.41) is 0. The number of imidazole rings is 1. The summed E-state index contributed by atoms with van der Waals surface area (Å²) in [6.45, 7) is 1.35. The van der Waals surface area contributed by atoms with Gasteiger partial charge in [0.2, 0.25) is 0 Å². The van der Waals surface area contributed by atoms with E-state index in [1.165, 1.54) is 23.0 Å². The summed E-state index contributed by atoms with van der Waals surface area (Å²) >= 11 is 0. The Hall–Kier alpha value is -3.01. The van der Waals surface area contributed by atoms with Gasteiger partial charge in [-0.1, -0.05) is 3.89 Å². The van der Waals surface area contributed by atoms with Crippen molar-refractivity contribution >= 4 is 10.5 Å². The maximum atomic E-state index is 14.3. The molecule has 10 heteroatoms. The van der Waals surface area contributed by atoms with Crippen molar-refractivity contribution in [3.63, 3.8) is 0 Å². The van der Waals surface area contributed by atoms with E-state index in [0.29, 0.717) is 5.69 Å². The number of nitrogens with zero attached hydrogens (tertiary/aromatic N) is 2. The number of aryl methyl sites for hydroxylation is 1. The van der Waals surface area contributed by atoms with Crippen LogP contribution in [0.4, 0.5) is 12.7 Å². The minimum absolute atomic E-state index is 0.187. The Balaban J connectivity index is 1.72. The van der Waals surface area contributed by atoms with Gasteiger partial charge in [-0.2, -0.15) is 8.42 Å². The van der Waals surface area contributed by atoms with Gasteiger partial charge in [-0.15, -0.1) is 0 Å².